The van der Waals surface area contributed by atoms with Crippen LogP contribution < -0.4 is 0 Å². The molecule has 18 heavy (non-hydrogen) atoms. The first kappa shape index (κ1) is 12.8. The summed E-state index contributed by atoms with van der Waals surface area (Å²) >= 11 is 0. The van der Waals surface area contributed by atoms with E-state index in [1.807, 2.05) is 17.9 Å². The zero-order valence-electron chi connectivity index (χ0n) is 11.0. The van der Waals surface area contributed by atoms with E-state index in [4.69, 9.17) is 0 Å². The first-order valence-corrected chi connectivity index (χ1v) is 6.19. The van der Waals surface area contributed by atoms with Crippen molar-refractivity contribution >= 4 is 12.0 Å². The first-order chi connectivity index (χ1) is 8.61. The molecule has 1 fully saturated rings. The van der Waals surface area contributed by atoms with Gasteiger partial charge in [0.15, 0.2) is 0 Å². The van der Waals surface area contributed by atoms with Gasteiger partial charge in [-0.2, -0.15) is 0 Å². The molecule has 4 nitrogen and oxygen atoms in total. The van der Waals surface area contributed by atoms with E-state index in [0.29, 0.717) is 5.69 Å². The van der Waals surface area contributed by atoms with Crippen LogP contribution in [-0.2, 0) is 0 Å². The van der Waals surface area contributed by atoms with Crippen LogP contribution in [0.25, 0.3) is 6.08 Å². The molecule has 1 aliphatic rings. The summed E-state index contributed by atoms with van der Waals surface area (Å²) in [5, 5.41) is 0. The number of likely N-dealkylation sites (N-methyl/N-ethyl adjacent to an activating group) is 1. The number of aromatic nitrogens is 1. The second kappa shape index (κ2) is 5.31. The molecule has 2 rings (SSSR count). The monoisotopic (exact) mass is 245 g/mol. The fourth-order valence-electron chi connectivity index (χ4n) is 2.08. The minimum Gasteiger partial charge on any atom is -0.335 e. The molecule has 1 aliphatic heterocycles. The Kier molecular flexibility index (Phi) is 3.77. The number of nitrogens with zero attached hydrogens (tertiary/aromatic N) is 3. The van der Waals surface area contributed by atoms with Gasteiger partial charge in [-0.25, -0.2) is 4.98 Å². The van der Waals surface area contributed by atoms with Crippen LogP contribution in [0.5, 0.6) is 0 Å². The highest BCUT2D eigenvalue weighted by Gasteiger charge is 2.21. The fraction of sp³-hybridized carbons (Fsp3) is 0.429. The Morgan fingerprint density at radius 2 is 2.00 bits per heavy atom. The van der Waals surface area contributed by atoms with Gasteiger partial charge in [-0.15, -0.1) is 0 Å². The SMILES string of the molecule is C=Cc1ccc(C(=O)N2CCN(C)CC2)nc1C. The van der Waals surface area contributed by atoms with Gasteiger partial charge < -0.3 is 9.80 Å². The van der Waals surface area contributed by atoms with Crippen molar-refractivity contribution in [2.24, 2.45) is 0 Å². The van der Waals surface area contributed by atoms with Crippen LogP contribution in [0.3, 0.4) is 0 Å². The number of pyridine rings is 1. The maximum absolute atomic E-state index is 12.3. The summed E-state index contributed by atoms with van der Waals surface area (Å²) in [7, 11) is 2.07. The standard InChI is InChI=1S/C14H19N3O/c1-4-12-5-6-13(15-11(12)2)14(18)17-9-7-16(3)8-10-17/h4-6H,1,7-10H2,2-3H3. The number of piperazine rings is 1. The van der Waals surface area contributed by atoms with E-state index >= 15 is 0 Å². The molecule has 0 unspecified atom stereocenters. The van der Waals surface area contributed by atoms with E-state index in [-0.39, 0.29) is 5.91 Å². The van der Waals surface area contributed by atoms with Crippen molar-refractivity contribution in [3.63, 3.8) is 0 Å². The average molecular weight is 245 g/mol. The lowest BCUT2D eigenvalue weighted by atomic mass is 10.1. The molecule has 0 saturated carbocycles. The molecule has 0 atom stereocenters. The van der Waals surface area contributed by atoms with Gasteiger partial charge >= 0.3 is 0 Å². The Labute approximate surface area is 108 Å². The zero-order valence-corrected chi connectivity index (χ0v) is 11.0. The third kappa shape index (κ3) is 2.59. The molecule has 2 heterocycles. The summed E-state index contributed by atoms with van der Waals surface area (Å²) in [6.07, 6.45) is 1.76. The second-order valence-electron chi connectivity index (χ2n) is 4.67. The van der Waals surface area contributed by atoms with E-state index in [0.717, 1.165) is 37.4 Å². The number of rotatable bonds is 2. The summed E-state index contributed by atoms with van der Waals surface area (Å²) in [6.45, 7) is 9.03. The molecule has 1 aromatic rings. The summed E-state index contributed by atoms with van der Waals surface area (Å²) < 4.78 is 0. The van der Waals surface area contributed by atoms with Gasteiger partial charge in [0, 0.05) is 31.9 Å². The zero-order chi connectivity index (χ0) is 13.1. The van der Waals surface area contributed by atoms with E-state index in [1.165, 1.54) is 0 Å². The Balaban J connectivity index is 2.13. The minimum atomic E-state index is 0.0295. The van der Waals surface area contributed by atoms with Crippen molar-refractivity contribution in [2.75, 3.05) is 33.2 Å². The molecule has 0 N–H and O–H groups in total. The van der Waals surface area contributed by atoms with Crippen LogP contribution in [0.2, 0.25) is 0 Å². The molecular weight excluding hydrogens is 226 g/mol. The quantitative estimate of drug-likeness (QED) is 0.790. The van der Waals surface area contributed by atoms with E-state index in [9.17, 15) is 4.79 Å². The third-order valence-electron chi connectivity index (χ3n) is 3.36. The lowest BCUT2D eigenvalue weighted by Gasteiger charge is -2.32. The summed E-state index contributed by atoms with van der Waals surface area (Å²) in [5.74, 6) is 0.0295. The Morgan fingerprint density at radius 3 is 2.56 bits per heavy atom. The highest BCUT2D eigenvalue weighted by molar-refractivity contribution is 5.92. The lowest BCUT2D eigenvalue weighted by Crippen LogP contribution is -2.47. The molecule has 0 bridgehead atoms. The summed E-state index contributed by atoms with van der Waals surface area (Å²) in [6, 6.07) is 3.68. The molecule has 0 radical (unpaired) electrons. The van der Waals surface area contributed by atoms with Gasteiger partial charge in [0.25, 0.3) is 5.91 Å². The van der Waals surface area contributed by atoms with Crippen LogP contribution >= 0.6 is 0 Å². The number of amides is 1. The van der Waals surface area contributed by atoms with Crippen molar-refractivity contribution in [3.05, 3.63) is 35.7 Å². The fourth-order valence-corrected chi connectivity index (χ4v) is 2.08. The molecule has 0 aromatic carbocycles. The predicted molar refractivity (Wildman–Crippen MR) is 72.5 cm³/mol. The highest BCUT2D eigenvalue weighted by atomic mass is 16.2. The third-order valence-corrected chi connectivity index (χ3v) is 3.36. The number of hydrogen-bond donors (Lipinski definition) is 0. The van der Waals surface area contributed by atoms with Crippen LogP contribution in [0.15, 0.2) is 18.7 Å². The van der Waals surface area contributed by atoms with Gasteiger partial charge in [0.05, 0.1) is 0 Å². The average Bonchev–Trinajstić information content (AvgIpc) is 2.38. The van der Waals surface area contributed by atoms with Crippen LogP contribution in [0.4, 0.5) is 0 Å². The van der Waals surface area contributed by atoms with Crippen molar-refractivity contribution in [1.29, 1.82) is 0 Å². The van der Waals surface area contributed by atoms with E-state index in [2.05, 4.69) is 23.5 Å². The molecule has 96 valence electrons. The smallest absolute Gasteiger partial charge is 0.272 e. The predicted octanol–water partition coefficient (Wildman–Crippen LogP) is 1.42. The maximum atomic E-state index is 12.3. The van der Waals surface area contributed by atoms with E-state index in [1.54, 1.807) is 12.1 Å². The largest absolute Gasteiger partial charge is 0.335 e. The minimum absolute atomic E-state index is 0.0295. The maximum Gasteiger partial charge on any atom is 0.272 e. The number of hydrogen-bond acceptors (Lipinski definition) is 3. The Bertz CT molecular complexity index is 462. The molecule has 0 aliphatic carbocycles. The molecule has 0 spiro atoms. The van der Waals surface area contributed by atoms with Gasteiger partial charge in [0.1, 0.15) is 5.69 Å². The van der Waals surface area contributed by atoms with Crippen LogP contribution in [-0.4, -0.2) is 53.9 Å². The number of aryl methyl sites for hydroxylation is 1. The number of carbonyl (C=O) groups is 1. The summed E-state index contributed by atoms with van der Waals surface area (Å²) in [5.41, 5.74) is 2.36. The van der Waals surface area contributed by atoms with Crippen molar-refractivity contribution in [3.8, 4) is 0 Å². The van der Waals surface area contributed by atoms with Crippen LogP contribution in [0, 0.1) is 6.92 Å². The van der Waals surface area contributed by atoms with Crippen molar-refractivity contribution in [1.82, 2.24) is 14.8 Å². The first-order valence-electron chi connectivity index (χ1n) is 6.19. The van der Waals surface area contributed by atoms with Gasteiger partial charge in [-0.3, -0.25) is 4.79 Å². The van der Waals surface area contributed by atoms with Crippen LogP contribution in [0.1, 0.15) is 21.7 Å². The van der Waals surface area contributed by atoms with Gasteiger partial charge in [-0.1, -0.05) is 18.7 Å². The number of carbonyl (C=O) groups excluding carboxylic acids is 1. The normalized spacial score (nSPS) is 16.7. The van der Waals surface area contributed by atoms with Gasteiger partial charge in [-0.05, 0) is 25.6 Å². The van der Waals surface area contributed by atoms with E-state index < -0.39 is 0 Å². The molecule has 1 saturated heterocycles. The molecule has 1 amide bonds. The second-order valence-corrected chi connectivity index (χ2v) is 4.67. The highest BCUT2D eigenvalue weighted by Crippen LogP contribution is 2.11. The summed E-state index contributed by atoms with van der Waals surface area (Å²) in [4.78, 5) is 20.7. The lowest BCUT2D eigenvalue weighted by molar-refractivity contribution is 0.0658. The van der Waals surface area contributed by atoms with Crippen molar-refractivity contribution in [2.45, 2.75) is 6.92 Å². The molecule has 1 aromatic heterocycles. The molecule has 4 heteroatoms. The topological polar surface area (TPSA) is 36.4 Å². The Hall–Kier alpha value is -1.68. The van der Waals surface area contributed by atoms with Gasteiger partial charge in [0.2, 0.25) is 0 Å². The van der Waals surface area contributed by atoms with Crippen molar-refractivity contribution < 1.29 is 4.79 Å². The molecular formula is C14H19N3O. The Morgan fingerprint density at radius 1 is 1.33 bits per heavy atom.